The second-order valence-electron chi connectivity index (χ2n) is 8.82. The molecule has 184 valence electrons. The first-order chi connectivity index (χ1) is 18.1. The molecule has 0 radical (unpaired) electrons. The lowest BCUT2D eigenvalue weighted by atomic mass is 10.0. The molecule has 1 saturated carbocycles. The van der Waals surface area contributed by atoms with Crippen LogP contribution >= 0.6 is 22.9 Å². The molecule has 0 amide bonds. The van der Waals surface area contributed by atoms with Gasteiger partial charge in [0.1, 0.15) is 17.6 Å². The van der Waals surface area contributed by atoms with Gasteiger partial charge in [0.2, 0.25) is 0 Å². The van der Waals surface area contributed by atoms with E-state index in [9.17, 15) is 9.65 Å². The van der Waals surface area contributed by atoms with Crippen LogP contribution in [0, 0.1) is 17.1 Å². The first kappa shape index (κ1) is 23.3. The molecule has 1 fully saturated rings. The Morgan fingerprint density at radius 2 is 2.05 bits per heavy atom. The number of fused-ring (bicyclic) bond motifs is 1. The van der Waals surface area contributed by atoms with Crippen LogP contribution in [0.25, 0.3) is 10.9 Å². The zero-order valence-corrected chi connectivity index (χ0v) is 21.0. The summed E-state index contributed by atoms with van der Waals surface area (Å²) in [5.41, 5.74) is 5.63. The number of halogens is 2. The summed E-state index contributed by atoms with van der Waals surface area (Å²) in [6.07, 6.45) is 7.41. The molecule has 2 aromatic carbocycles. The van der Waals surface area contributed by atoms with Crippen molar-refractivity contribution in [2.75, 3.05) is 10.6 Å². The molecule has 8 nitrogen and oxygen atoms in total. The summed E-state index contributed by atoms with van der Waals surface area (Å²) >= 11 is 8.21. The summed E-state index contributed by atoms with van der Waals surface area (Å²) in [6, 6.07) is 12.2. The summed E-state index contributed by atoms with van der Waals surface area (Å²) < 4.78 is 15.6. The summed E-state index contributed by atoms with van der Waals surface area (Å²) in [5.74, 6) is -0.315. The number of hydrogen-bond donors (Lipinski definition) is 2. The van der Waals surface area contributed by atoms with E-state index >= 15 is 0 Å². The van der Waals surface area contributed by atoms with E-state index in [1.165, 1.54) is 29.7 Å². The Bertz CT molecular complexity index is 1610. The van der Waals surface area contributed by atoms with Crippen LogP contribution in [0.3, 0.4) is 0 Å². The molecule has 1 aliphatic carbocycles. The van der Waals surface area contributed by atoms with Gasteiger partial charge in [-0.1, -0.05) is 28.9 Å². The van der Waals surface area contributed by atoms with Crippen molar-refractivity contribution >= 4 is 45.2 Å². The Balaban J connectivity index is 1.40. The highest BCUT2D eigenvalue weighted by Gasteiger charge is 2.27. The Hall–Kier alpha value is -4.07. The van der Waals surface area contributed by atoms with Crippen molar-refractivity contribution in [3.8, 4) is 6.07 Å². The third-order valence-corrected chi connectivity index (χ3v) is 7.29. The minimum Gasteiger partial charge on any atom is -0.378 e. The predicted molar refractivity (Wildman–Crippen MR) is 141 cm³/mol. The number of aromatic nitrogens is 5. The van der Waals surface area contributed by atoms with E-state index in [4.69, 9.17) is 11.6 Å². The van der Waals surface area contributed by atoms with Gasteiger partial charge in [-0.05, 0) is 42.7 Å². The van der Waals surface area contributed by atoms with Gasteiger partial charge in [-0.2, -0.15) is 5.26 Å². The van der Waals surface area contributed by atoms with E-state index in [1.54, 1.807) is 29.9 Å². The second kappa shape index (κ2) is 9.76. The molecule has 6 rings (SSSR count). The van der Waals surface area contributed by atoms with Gasteiger partial charge in [-0.3, -0.25) is 9.97 Å². The molecular weight excluding hydrogens is 511 g/mol. The lowest BCUT2D eigenvalue weighted by Gasteiger charge is -2.20. The fraction of sp³-hybridized carbons (Fsp3) is 0.192. The standard InChI is InChI=1S/C26H20ClFN8S/c27-22-8-18(7-21-24(16(9-29)10-31-26(21)22)32-12-20-11-30-14-37-20)33-25(15-1-3-17(28)4-2-15)23-13-36(35-34-23)19-5-6-19/h1-4,7-8,10-11,13-14,19,25,33H,5-6,12H2,(H,31,32)/t25-/m0/s1. The van der Waals surface area contributed by atoms with Gasteiger partial charge < -0.3 is 10.6 Å². The lowest BCUT2D eigenvalue weighted by molar-refractivity contribution is 0.610. The van der Waals surface area contributed by atoms with Gasteiger partial charge in [-0.15, -0.1) is 16.4 Å². The topological polar surface area (TPSA) is 104 Å². The minimum absolute atomic E-state index is 0.315. The van der Waals surface area contributed by atoms with Crippen LogP contribution in [-0.4, -0.2) is 25.0 Å². The first-order valence-electron chi connectivity index (χ1n) is 11.7. The van der Waals surface area contributed by atoms with Gasteiger partial charge in [-0.25, -0.2) is 9.07 Å². The van der Waals surface area contributed by atoms with Crippen molar-refractivity contribution in [3.63, 3.8) is 0 Å². The number of nitrogens with zero attached hydrogens (tertiary/aromatic N) is 6. The summed E-state index contributed by atoms with van der Waals surface area (Å²) in [4.78, 5) is 9.58. The van der Waals surface area contributed by atoms with Gasteiger partial charge in [0, 0.05) is 28.3 Å². The van der Waals surface area contributed by atoms with E-state index in [0.29, 0.717) is 51.1 Å². The first-order valence-corrected chi connectivity index (χ1v) is 12.9. The summed E-state index contributed by atoms with van der Waals surface area (Å²) in [7, 11) is 0. The molecule has 37 heavy (non-hydrogen) atoms. The van der Waals surface area contributed by atoms with Crippen LogP contribution in [0.4, 0.5) is 15.8 Å². The highest BCUT2D eigenvalue weighted by molar-refractivity contribution is 7.09. The molecular formula is C26H20ClFN8S. The fourth-order valence-electron chi connectivity index (χ4n) is 4.21. The number of pyridine rings is 1. The smallest absolute Gasteiger partial charge is 0.123 e. The monoisotopic (exact) mass is 530 g/mol. The summed E-state index contributed by atoms with van der Waals surface area (Å²) in [5, 5.41) is 26.5. The van der Waals surface area contributed by atoms with Crippen LogP contribution in [0.5, 0.6) is 0 Å². The Labute approximate surface area is 220 Å². The average Bonchev–Trinajstić information content (AvgIpc) is 3.40. The highest BCUT2D eigenvalue weighted by atomic mass is 35.5. The zero-order chi connectivity index (χ0) is 25.4. The number of thiazole rings is 1. The molecule has 0 spiro atoms. The van der Waals surface area contributed by atoms with Crippen molar-refractivity contribution in [2.45, 2.75) is 31.5 Å². The molecule has 11 heteroatoms. The quantitative estimate of drug-likeness (QED) is 0.250. The van der Waals surface area contributed by atoms with Gasteiger partial charge in [0.05, 0.1) is 52.1 Å². The minimum atomic E-state index is -0.401. The van der Waals surface area contributed by atoms with Crippen LogP contribution in [-0.2, 0) is 6.54 Å². The maximum Gasteiger partial charge on any atom is 0.123 e. The Morgan fingerprint density at radius 1 is 1.22 bits per heavy atom. The van der Waals surface area contributed by atoms with E-state index in [2.05, 4.69) is 37.0 Å². The molecule has 1 atom stereocenters. The second-order valence-corrected chi connectivity index (χ2v) is 10.2. The zero-order valence-electron chi connectivity index (χ0n) is 19.4. The number of rotatable bonds is 8. The van der Waals surface area contributed by atoms with Crippen molar-refractivity contribution in [1.29, 1.82) is 5.26 Å². The third kappa shape index (κ3) is 4.83. The lowest BCUT2D eigenvalue weighted by Crippen LogP contribution is -2.13. The normalized spacial score (nSPS) is 13.9. The van der Waals surface area contributed by atoms with Crippen molar-refractivity contribution < 1.29 is 4.39 Å². The van der Waals surface area contributed by atoms with E-state index in [0.717, 1.165) is 23.3 Å². The maximum atomic E-state index is 13.7. The van der Waals surface area contributed by atoms with Crippen LogP contribution in [0.15, 0.2) is 60.5 Å². The Morgan fingerprint density at radius 3 is 2.78 bits per heavy atom. The van der Waals surface area contributed by atoms with Gasteiger partial charge in [0.25, 0.3) is 0 Å². The molecule has 0 unspecified atom stereocenters. The van der Waals surface area contributed by atoms with E-state index in [1.807, 2.05) is 16.9 Å². The number of anilines is 2. The predicted octanol–water partition coefficient (Wildman–Crippen LogP) is 6.10. The summed E-state index contributed by atoms with van der Waals surface area (Å²) in [6.45, 7) is 0.510. The molecule has 0 bridgehead atoms. The van der Waals surface area contributed by atoms with Crippen LogP contribution < -0.4 is 10.6 Å². The third-order valence-electron chi connectivity index (χ3n) is 6.23. The fourth-order valence-corrected chi connectivity index (χ4v) is 5.02. The maximum absolute atomic E-state index is 13.7. The van der Waals surface area contributed by atoms with Crippen molar-refractivity contribution in [2.24, 2.45) is 0 Å². The molecule has 0 aliphatic heterocycles. The van der Waals surface area contributed by atoms with Crippen molar-refractivity contribution in [3.05, 3.63) is 93.0 Å². The molecule has 5 aromatic rings. The van der Waals surface area contributed by atoms with Gasteiger partial charge in [0.15, 0.2) is 0 Å². The molecule has 3 heterocycles. The highest BCUT2D eigenvalue weighted by Crippen LogP contribution is 2.37. The average molecular weight is 531 g/mol. The van der Waals surface area contributed by atoms with Gasteiger partial charge >= 0.3 is 0 Å². The van der Waals surface area contributed by atoms with Crippen LogP contribution in [0.1, 0.15) is 46.6 Å². The number of hydrogen-bond acceptors (Lipinski definition) is 8. The molecule has 0 saturated heterocycles. The molecule has 2 N–H and O–H groups in total. The van der Waals surface area contributed by atoms with Crippen LogP contribution in [0.2, 0.25) is 5.02 Å². The Kier molecular flexibility index (Phi) is 6.16. The van der Waals surface area contributed by atoms with E-state index in [-0.39, 0.29) is 5.82 Å². The van der Waals surface area contributed by atoms with Crippen molar-refractivity contribution in [1.82, 2.24) is 25.0 Å². The molecule has 3 aromatic heterocycles. The number of benzene rings is 2. The largest absolute Gasteiger partial charge is 0.378 e. The number of nitriles is 1. The number of nitrogens with one attached hydrogen (secondary N) is 2. The molecule has 1 aliphatic rings. The van der Waals surface area contributed by atoms with E-state index < -0.39 is 6.04 Å². The SMILES string of the molecule is N#Cc1cnc2c(Cl)cc(N[C@@H](c3ccc(F)cc3)c3cn(C4CC4)nn3)cc2c1NCc1cncs1.